The van der Waals surface area contributed by atoms with Gasteiger partial charge in [-0.2, -0.15) is 23.5 Å². The third kappa shape index (κ3) is 24.3. The van der Waals surface area contributed by atoms with Crippen LogP contribution in [0.1, 0.15) is 84.9 Å². The minimum absolute atomic E-state index is 0.0545. The number of carbonyl (C=O) groups excluding carboxylic acids is 12. The number of phenolic OH excluding ortho intramolecular Hbond substituents is 2. The first-order valence-corrected chi connectivity index (χ1v) is 34.9. The van der Waals surface area contributed by atoms with Gasteiger partial charge in [0.15, 0.2) is 0 Å². The number of aromatic amines is 1. The van der Waals surface area contributed by atoms with E-state index < -0.39 is 138 Å². The zero-order valence-corrected chi connectivity index (χ0v) is 56.4. The van der Waals surface area contributed by atoms with E-state index in [0.29, 0.717) is 71.2 Å². The maximum atomic E-state index is 15.2. The molecule has 4 bridgehead atoms. The summed E-state index contributed by atoms with van der Waals surface area (Å²) in [6.07, 6.45) is 2.74. The summed E-state index contributed by atoms with van der Waals surface area (Å²) in [5, 5.41) is 69.2. The van der Waals surface area contributed by atoms with Crippen LogP contribution < -0.4 is 63.2 Å². The predicted molar refractivity (Wildman–Crippen MR) is 362 cm³/mol. The lowest BCUT2D eigenvalue weighted by Crippen LogP contribution is -2.61. The first-order valence-electron chi connectivity index (χ1n) is 32.6. The van der Waals surface area contributed by atoms with Gasteiger partial charge >= 0.3 is 0 Å². The number of benzene rings is 4. The highest BCUT2D eigenvalue weighted by atomic mass is 32.2. The first-order chi connectivity index (χ1) is 48.5. The fourth-order valence-electron chi connectivity index (χ4n) is 11.3. The van der Waals surface area contributed by atoms with E-state index in [9.17, 15) is 68.4 Å². The molecule has 8 rings (SSSR count). The summed E-state index contributed by atoms with van der Waals surface area (Å²) in [5.41, 5.74) is 8.86. The summed E-state index contributed by atoms with van der Waals surface area (Å²) >= 11 is 2.31. The van der Waals surface area contributed by atoms with Gasteiger partial charge in [0.05, 0.1) is 12.9 Å². The van der Waals surface area contributed by atoms with E-state index >= 15 is 9.59 Å². The Hall–Kier alpha value is -10.7. The Morgan fingerprint density at radius 3 is 1.65 bits per heavy atom. The van der Waals surface area contributed by atoms with Gasteiger partial charge in [0.25, 0.3) is 5.91 Å². The zero-order chi connectivity index (χ0) is 72.4. The Labute approximate surface area is 588 Å². The minimum atomic E-state index is -2.00. The van der Waals surface area contributed by atoms with E-state index in [-0.39, 0.29) is 92.8 Å². The minimum Gasteiger partial charge on any atom is -0.550 e. The van der Waals surface area contributed by atoms with Gasteiger partial charge in [-0.15, -0.1) is 0 Å². The van der Waals surface area contributed by atoms with Gasteiger partial charge in [-0.05, 0) is 103 Å². The number of oxime groups is 1. The molecule has 3 aliphatic heterocycles. The zero-order valence-electron chi connectivity index (χ0n) is 54.8. The van der Waals surface area contributed by atoms with Gasteiger partial charge in [-0.3, -0.25) is 47.9 Å². The number of rotatable bonds is 13. The molecule has 31 nitrogen and oxygen atoms in total. The highest BCUT2D eigenvalue weighted by molar-refractivity contribution is 7.98. The fraction of sp³-hybridized carbons (Fsp3) is 0.412. The van der Waals surface area contributed by atoms with E-state index in [4.69, 9.17) is 15.3 Å². The van der Waals surface area contributed by atoms with E-state index in [2.05, 4.69) is 57.7 Å². The summed E-state index contributed by atoms with van der Waals surface area (Å²) in [7, 11) is 0. The second-order valence-electron chi connectivity index (χ2n) is 24.3. The van der Waals surface area contributed by atoms with Crippen LogP contribution in [0.3, 0.4) is 0 Å². The number of carbonyl (C=O) groups is 12. The lowest BCUT2D eigenvalue weighted by atomic mass is 10.0. The van der Waals surface area contributed by atoms with Crippen molar-refractivity contribution in [1.29, 1.82) is 0 Å². The van der Waals surface area contributed by atoms with Gasteiger partial charge in [0, 0.05) is 91.9 Å². The van der Waals surface area contributed by atoms with Crippen molar-refractivity contribution in [3.63, 3.8) is 0 Å². The molecule has 0 aliphatic carbocycles. The monoisotopic (exact) mass is 1430 g/mol. The molecular formula is C68H79N13O18S2-2. The van der Waals surface area contributed by atoms with E-state index in [1.807, 2.05) is 6.07 Å². The molecule has 0 unspecified atom stereocenters. The molecule has 0 spiro atoms. The number of aromatic nitrogens is 2. The van der Waals surface area contributed by atoms with Crippen LogP contribution >= 0.6 is 23.5 Å². The second-order valence-corrected chi connectivity index (χ2v) is 26.4. The number of imidazole rings is 1. The van der Waals surface area contributed by atoms with Crippen molar-refractivity contribution in [2.24, 2.45) is 10.9 Å². The van der Waals surface area contributed by atoms with Crippen molar-refractivity contribution >= 4 is 101 Å². The second kappa shape index (κ2) is 38.0. The van der Waals surface area contributed by atoms with Gasteiger partial charge < -0.3 is 97.7 Å². The van der Waals surface area contributed by atoms with Crippen molar-refractivity contribution in [3.05, 3.63) is 143 Å². The number of hydrogen-bond acceptors (Lipinski definition) is 22. The quantitative estimate of drug-likeness (QED) is 0.0599. The van der Waals surface area contributed by atoms with Crippen molar-refractivity contribution in [3.8, 4) is 17.2 Å². The molecule has 13 N–H and O–H groups in total. The SMILES string of the molecule is NC(=O)[C@@H]1CSCc2cc3cc(c2)OCCCCCCO/N=C/C(=O)N[C@@H](CC(=O)[O-])C(=O)N[C@@H](CSC3)C(=O)N[C@@H](Cc2ccc(O)cc2)C(=O)N2CCC[C@H]2C(=O)N[C@@H](CC(=O)[O-])C(=O)N[C@@H](Cc2ccccc2)C(=O)N[C@@H](Cc2ccc(O)cc2)C(=O)N[C@@H](Cc2cnc[nH]2)C(=O)N1. The number of nitrogens with one attached hydrogen (secondary N) is 9. The third-order valence-corrected chi connectivity index (χ3v) is 18.7. The molecular weight excluding hydrogens is 1350 g/mol. The number of nitrogens with zero attached hydrogens (tertiary/aromatic N) is 3. The van der Waals surface area contributed by atoms with Gasteiger partial charge in [0.1, 0.15) is 84.4 Å². The molecule has 0 radical (unpaired) electrons. The van der Waals surface area contributed by atoms with Crippen molar-refractivity contribution in [2.45, 2.75) is 143 Å². The number of amides is 10. The number of H-pyrrole nitrogens is 1. The van der Waals surface area contributed by atoms with Crippen LogP contribution in [0.5, 0.6) is 17.2 Å². The lowest BCUT2D eigenvalue weighted by Gasteiger charge is -2.31. The predicted octanol–water partition coefficient (Wildman–Crippen LogP) is -2.14. The molecule has 10 amide bonds. The molecule has 1 saturated heterocycles. The molecule has 0 saturated carbocycles. The number of primary amides is 1. The summed E-state index contributed by atoms with van der Waals surface area (Å²) in [5.74, 6) is -13.6. The highest BCUT2D eigenvalue weighted by Gasteiger charge is 2.41. The van der Waals surface area contributed by atoms with Gasteiger partial charge in [-0.1, -0.05) is 65.8 Å². The number of ether oxygens (including phenoxy) is 1. The largest absolute Gasteiger partial charge is 0.550 e. The maximum Gasteiger partial charge on any atom is 0.266 e. The summed E-state index contributed by atoms with van der Waals surface area (Å²) in [4.78, 5) is 182. The molecule has 1 aromatic heterocycles. The molecule has 538 valence electrons. The highest BCUT2D eigenvalue weighted by Crippen LogP contribution is 2.27. The van der Waals surface area contributed by atoms with Crippen LogP contribution in [0.15, 0.2) is 115 Å². The van der Waals surface area contributed by atoms with Crippen LogP contribution in [0.2, 0.25) is 0 Å². The number of fused-ring (bicyclic) bond motifs is 6. The summed E-state index contributed by atoms with van der Waals surface area (Å²) in [6.45, 7) is 0.258. The van der Waals surface area contributed by atoms with Gasteiger partial charge in [0.2, 0.25) is 53.2 Å². The maximum absolute atomic E-state index is 15.2. The number of aromatic hydroxyl groups is 2. The van der Waals surface area contributed by atoms with E-state index in [1.54, 1.807) is 42.5 Å². The summed E-state index contributed by atoms with van der Waals surface area (Å²) < 4.78 is 6.27. The van der Waals surface area contributed by atoms with E-state index in [0.717, 1.165) is 16.7 Å². The Bertz CT molecular complexity index is 3760. The third-order valence-electron chi connectivity index (χ3n) is 16.4. The van der Waals surface area contributed by atoms with Crippen LogP contribution in [0, 0.1) is 0 Å². The van der Waals surface area contributed by atoms with E-state index in [1.165, 1.54) is 72.8 Å². The lowest BCUT2D eigenvalue weighted by molar-refractivity contribution is -0.307. The summed E-state index contributed by atoms with van der Waals surface area (Å²) in [6, 6.07) is 10.2. The van der Waals surface area contributed by atoms with Crippen molar-refractivity contribution < 1.29 is 87.5 Å². The van der Waals surface area contributed by atoms with Crippen LogP contribution in [0.25, 0.3) is 0 Å². The number of phenols is 2. The number of hydrogen-bond donors (Lipinski definition) is 12. The average molecular weight is 1430 g/mol. The number of carboxylic acid groups (broad SMARTS) is 2. The molecule has 1 fully saturated rings. The molecule has 33 heteroatoms. The standard InChI is InChI=1S/C68H81N13O18S2/c69-60(89)54-36-100-34-42-23-43-25-47(24-42)98-21-6-1-2-7-22-99-72-33-57(84)73-51(30-58(85)86)64(93)80-55(37-101-35-43)66(95)78-53(28-41-14-18-46(83)19-15-41)68(97)81-20-8-11-56(81)67(96)77-52(31-59(87)88)65(94)75-48(26-39-9-4-3-5-10-39)61(90)74-49(27-40-12-16-45(82)17-13-40)62(91)76-50(63(92)79-54)29-44-32-70-38-71-44/h3-5,9-10,12-19,23-25,32-33,38,48-56,82-83H,1-2,6-8,11,20-22,26-31,34-37H2,(H2,69,89)(H,70,71)(H,73,84)(H,74,90)(H,75,94)(H,76,91)(H,77,96)(H,78,95)(H,79,92)(H,80,93)(H,85,86)(H,87,88)/p-2/b72-33+/t48-,49-,50-,51-,52-,53-,54-,55-,56-/m0/s1. The van der Waals surface area contributed by atoms with Crippen molar-refractivity contribution in [1.82, 2.24) is 57.4 Å². The number of thioether (sulfide) groups is 2. The molecule has 101 heavy (non-hydrogen) atoms. The normalized spacial score (nSPS) is 23.7. The Kier molecular flexibility index (Phi) is 28.6. The average Bonchev–Trinajstić information content (AvgIpc) is 1.76. The fourth-order valence-corrected chi connectivity index (χ4v) is 13.3. The van der Waals surface area contributed by atoms with Crippen LogP contribution in [-0.4, -0.2) is 188 Å². The van der Waals surface area contributed by atoms with Gasteiger partial charge in [-0.25, -0.2) is 4.98 Å². The van der Waals surface area contributed by atoms with Crippen molar-refractivity contribution in [2.75, 3.05) is 31.3 Å². The van der Waals surface area contributed by atoms with Crippen LogP contribution in [-0.2, 0) is 99.6 Å². The smallest absolute Gasteiger partial charge is 0.266 e. The number of carboxylic acids is 2. The topological polar surface area (TPSA) is 476 Å². The molecule has 4 aromatic carbocycles. The molecule has 4 heterocycles. The van der Waals surface area contributed by atoms with Crippen LogP contribution in [0.4, 0.5) is 0 Å². The molecule has 5 aromatic rings. The molecule has 9 atom stereocenters. The Balaban J connectivity index is 1.20. The number of nitrogens with two attached hydrogens (primary N) is 1. The Morgan fingerprint density at radius 2 is 1.07 bits per heavy atom. The number of aliphatic carboxylic acids is 2. The Morgan fingerprint density at radius 1 is 0.554 bits per heavy atom. The first kappa shape index (κ1) is 76.1. The molecule has 3 aliphatic rings.